The van der Waals surface area contributed by atoms with Crippen LogP contribution in [0.2, 0.25) is 0 Å². The van der Waals surface area contributed by atoms with Crippen LogP contribution in [0.4, 0.5) is 0 Å². The van der Waals surface area contributed by atoms with E-state index in [2.05, 4.69) is 10.6 Å². The molecular formula is C11H16N2OS. The molecule has 2 unspecified atom stereocenters. The third-order valence-corrected chi connectivity index (χ3v) is 4.30. The lowest BCUT2D eigenvalue weighted by Gasteiger charge is -2.35. The van der Waals surface area contributed by atoms with Gasteiger partial charge < -0.3 is 10.6 Å². The summed E-state index contributed by atoms with van der Waals surface area (Å²) in [7, 11) is 0. The minimum absolute atomic E-state index is 0.109. The van der Waals surface area contributed by atoms with Gasteiger partial charge in [-0.3, -0.25) is 4.79 Å². The van der Waals surface area contributed by atoms with Crippen LogP contribution < -0.4 is 10.6 Å². The van der Waals surface area contributed by atoms with Crippen molar-refractivity contribution in [1.29, 1.82) is 0 Å². The van der Waals surface area contributed by atoms with E-state index in [1.54, 1.807) is 0 Å². The summed E-state index contributed by atoms with van der Waals surface area (Å²) in [4.78, 5) is 11.9. The van der Waals surface area contributed by atoms with Gasteiger partial charge in [0, 0.05) is 0 Å². The van der Waals surface area contributed by atoms with Crippen molar-refractivity contribution < 1.29 is 4.79 Å². The molecule has 4 heteroatoms. The highest BCUT2D eigenvalue weighted by atomic mass is 32.1. The number of thiocarbonyl (C=S) groups is 1. The topological polar surface area (TPSA) is 41.1 Å². The molecule has 1 amide bonds. The van der Waals surface area contributed by atoms with Crippen LogP contribution in [0.1, 0.15) is 38.5 Å². The van der Waals surface area contributed by atoms with Crippen LogP contribution in [0.3, 0.4) is 0 Å². The van der Waals surface area contributed by atoms with Crippen molar-refractivity contribution in [3.8, 4) is 0 Å². The largest absolute Gasteiger partial charge is 0.348 e. The fourth-order valence-corrected chi connectivity index (χ4v) is 3.42. The molecule has 1 heterocycles. The molecule has 3 rings (SSSR count). The van der Waals surface area contributed by atoms with E-state index in [9.17, 15) is 4.79 Å². The maximum atomic E-state index is 11.9. The van der Waals surface area contributed by atoms with Gasteiger partial charge in [-0.05, 0) is 56.2 Å². The first kappa shape index (κ1) is 9.58. The Morgan fingerprint density at radius 1 is 1.27 bits per heavy atom. The molecule has 0 aromatic heterocycles. The predicted octanol–water partition coefficient (Wildman–Crippen LogP) is 1.33. The Morgan fingerprint density at radius 3 is 2.67 bits per heavy atom. The molecule has 2 N–H and O–H groups in total. The minimum atomic E-state index is -0.345. The first-order valence-electron chi connectivity index (χ1n) is 5.83. The number of nitrogens with one attached hydrogen (secondary N) is 2. The van der Waals surface area contributed by atoms with E-state index < -0.39 is 0 Å². The summed E-state index contributed by atoms with van der Waals surface area (Å²) in [6.07, 6.45) is 7.13. The molecule has 82 valence electrons. The van der Waals surface area contributed by atoms with Crippen molar-refractivity contribution in [2.24, 2.45) is 11.8 Å². The average molecular weight is 224 g/mol. The van der Waals surface area contributed by atoms with Crippen molar-refractivity contribution in [2.45, 2.75) is 44.1 Å². The number of carbonyl (C=O) groups excluding carboxylic acids is 1. The Hall–Kier alpha value is -0.640. The maximum Gasteiger partial charge on any atom is 0.251 e. The molecule has 0 radical (unpaired) electrons. The van der Waals surface area contributed by atoms with E-state index in [4.69, 9.17) is 12.2 Å². The maximum absolute atomic E-state index is 11.9. The van der Waals surface area contributed by atoms with E-state index in [0.29, 0.717) is 5.11 Å². The lowest BCUT2D eigenvalue weighted by molar-refractivity contribution is -0.125. The fraction of sp³-hybridized carbons (Fsp3) is 0.818. The van der Waals surface area contributed by atoms with Gasteiger partial charge in [-0.15, -0.1) is 0 Å². The smallest absolute Gasteiger partial charge is 0.251 e. The quantitative estimate of drug-likeness (QED) is 0.660. The van der Waals surface area contributed by atoms with E-state index in [1.807, 2.05) is 0 Å². The van der Waals surface area contributed by atoms with Crippen molar-refractivity contribution in [3.63, 3.8) is 0 Å². The summed E-state index contributed by atoms with van der Waals surface area (Å²) < 4.78 is 0. The van der Waals surface area contributed by atoms with Gasteiger partial charge in [0.2, 0.25) is 0 Å². The van der Waals surface area contributed by atoms with E-state index in [0.717, 1.165) is 31.1 Å². The van der Waals surface area contributed by atoms with Gasteiger partial charge in [-0.2, -0.15) is 0 Å². The van der Waals surface area contributed by atoms with E-state index in [1.165, 1.54) is 19.3 Å². The van der Waals surface area contributed by atoms with E-state index in [-0.39, 0.29) is 11.4 Å². The van der Waals surface area contributed by atoms with Crippen LogP contribution in [0.25, 0.3) is 0 Å². The molecule has 0 aromatic carbocycles. The number of hydrogen-bond acceptors (Lipinski definition) is 2. The zero-order valence-corrected chi connectivity index (χ0v) is 9.53. The van der Waals surface area contributed by atoms with Gasteiger partial charge in [0.1, 0.15) is 5.54 Å². The molecule has 0 aromatic rings. The van der Waals surface area contributed by atoms with Gasteiger partial charge in [0.25, 0.3) is 5.91 Å². The van der Waals surface area contributed by atoms with E-state index >= 15 is 0 Å². The number of hydrogen-bond donors (Lipinski definition) is 2. The number of carbonyl (C=O) groups is 1. The van der Waals surface area contributed by atoms with Gasteiger partial charge in [-0.1, -0.05) is 6.42 Å². The summed E-state index contributed by atoms with van der Waals surface area (Å²) >= 11 is 5.03. The molecule has 3 fully saturated rings. The van der Waals surface area contributed by atoms with Crippen LogP contribution in [0.5, 0.6) is 0 Å². The van der Waals surface area contributed by atoms with Gasteiger partial charge in [0.15, 0.2) is 5.11 Å². The second kappa shape index (κ2) is 3.17. The third-order valence-electron chi connectivity index (χ3n) is 4.09. The molecule has 3 nitrogen and oxygen atoms in total. The molecule has 0 bridgehead atoms. The van der Waals surface area contributed by atoms with Crippen LogP contribution >= 0.6 is 12.2 Å². The monoisotopic (exact) mass is 224 g/mol. The molecular weight excluding hydrogens is 208 g/mol. The van der Waals surface area contributed by atoms with Crippen LogP contribution in [-0.4, -0.2) is 16.6 Å². The van der Waals surface area contributed by atoms with Gasteiger partial charge in [0.05, 0.1) is 0 Å². The lowest BCUT2D eigenvalue weighted by Crippen LogP contribution is -2.50. The molecule has 2 saturated carbocycles. The zero-order chi connectivity index (χ0) is 10.5. The molecule has 1 aliphatic heterocycles. The summed E-state index contributed by atoms with van der Waals surface area (Å²) in [6.45, 7) is 0. The molecule has 15 heavy (non-hydrogen) atoms. The van der Waals surface area contributed by atoms with Crippen molar-refractivity contribution in [2.75, 3.05) is 0 Å². The second-order valence-electron chi connectivity index (χ2n) is 5.18. The van der Waals surface area contributed by atoms with Crippen LogP contribution in [-0.2, 0) is 4.79 Å². The van der Waals surface area contributed by atoms with Gasteiger partial charge >= 0.3 is 0 Å². The Morgan fingerprint density at radius 2 is 2.07 bits per heavy atom. The molecule has 1 spiro atoms. The van der Waals surface area contributed by atoms with Crippen molar-refractivity contribution in [1.82, 2.24) is 10.6 Å². The summed E-state index contributed by atoms with van der Waals surface area (Å²) in [5.74, 6) is 1.75. The molecule has 2 aliphatic carbocycles. The third kappa shape index (κ3) is 1.55. The number of amides is 1. The van der Waals surface area contributed by atoms with Crippen LogP contribution in [0.15, 0.2) is 0 Å². The first-order chi connectivity index (χ1) is 7.20. The van der Waals surface area contributed by atoms with Crippen molar-refractivity contribution >= 4 is 23.2 Å². The lowest BCUT2D eigenvalue weighted by atomic mass is 9.74. The molecule has 3 aliphatic rings. The average Bonchev–Trinajstić information content (AvgIpc) is 2.97. The highest BCUT2D eigenvalue weighted by Gasteiger charge is 2.49. The highest BCUT2D eigenvalue weighted by Crippen LogP contribution is 2.47. The SMILES string of the molecule is O=C1NC(=S)NC12CCCC(C1CC1)C2. The number of rotatable bonds is 1. The summed E-state index contributed by atoms with van der Waals surface area (Å²) in [6, 6.07) is 0. The highest BCUT2D eigenvalue weighted by molar-refractivity contribution is 7.80. The first-order valence-corrected chi connectivity index (χ1v) is 6.24. The Bertz CT molecular complexity index is 327. The zero-order valence-electron chi connectivity index (χ0n) is 8.71. The van der Waals surface area contributed by atoms with Crippen molar-refractivity contribution in [3.05, 3.63) is 0 Å². The minimum Gasteiger partial charge on any atom is -0.348 e. The summed E-state index contributed by atoms with van der Waals surface area (Å²) in [5.41, 5.74) is -0.345. The standard InChI is InChI=1S/C11H16N2OS/c14-9-11(13-10(15)12-9)5-1-2-8(6-11)7-3-4-7/h7-8H,1-6H2,(H2,12,13,14,15). The molecule has 1 saturated heterocycles. The Balaban J connectivity index is 1.79. The molecule has 2 atom stereocenters. The summed E-state index contributed by atoms with van der Waals surface area (Å²) in [5, 5.41) is 6.47. The van der Waals surface area contributed by atoms with Gasteiger partial charge in [-0.25, -0.2) is 0 Å². The van der Waals surface area contributed by atoms with Crippen LogP contribution in [0, 0.1) is 11.8 Å². The second-order valence-corrected chi connectivity index (χ2v) is 5.59. The Kier molecular flexibility index (Phi) is 2.03. The Labute approximate surface area is 95.0 Å². The predicted molar refractivity (Wildman–Crippen MR) is 61.3 cm³/mol. The fourth-order valence-electron chi connectivity index (χ4n) is 3.14. The normalized spacial score (nSPS) is 40.4.